The molecule has 2 saturated heterocycles. The van der Waals surface area contributed by atoms with E-state index in [1.54, 1.807) is 4.90 Å². The van der Waals surface area contributed by atoms with Crippen LogP contribution in [0.3, 0.4) is 0 Å². The number of rotatable bonds is 2. The molecule has 0 aromatic carbocycles. The van der Waals surface area contributed by atoms with Gasteiger partial charge in [0.15, 0.2) is 0 Å². The van der Waals surface area contributed by atoms with E-state index in [0.29, 0.717) is 26.2 Å². The number of carbonyl (C=O) groups is 2. The van der Waals surface area contributed by atoms with Gasteiger partial charge in [-0.25, -0.2) is 9.59 Å². The number of hydrogen-bond acceptors (Lipinski definition) is 5. The molecular formula is C14H24N2O5. The second-order valence-corrected chi connectivity index (χ2v) is 6.85. The standard InChI is InChI=1S/C14H24N2O5/c1-13(2,3)21-12(19)15-5-4-14(8-15)9-16(6-7-17)11(18)20-10-14/h17H,4-10H2,1-3H3. The van der Waals surface area contributed by atoms with Gasteiger partial charge < -0.3 is 24.4 Å². The van der Waals surface area contributed by atoms with Gasteiger partial charge in [-0.05, 0) is 27.2 Å². The van der Waals surface area contributed by atoms with Crippen LogP contribution in [-0.4, -0.2) is 72.1 Å². The molecule has 0 bridgehead atoms. The van der Waals surface area contributed by atoms with Crippen molar-refractivity contribution in [2.45, 2.75) is 32.8 Å². The van der Waals surface area contributed by atoms with Crippen LogP contribution in [0.4, 0.5) is 9.59 Å². The fourth-order valence-electron chi connectivity index (χ4n) is 2.78. The first-order valence-corrected chi connectivity index (χ1v) is 7.25. The van der Waals surface area contributed by atoms with E-state index in [2.05, 4.69) is 0 Å². The Morgan fingerprint density at radius 1 is 1.43 bits per heavy atom. The minimum atomic E-state index is -0.519. The molecule has 0 aromatic heterocycles. The molecule has 0 radical (unpaired) electrons. The topological polar surface area (TPSA) is 79.3 Å². The third-order valence-electron chi connectivity index (χ3n) is 3.75. The van der Waals surface area contributed by atoms with Crippen molar-refractivity contribution in [3.63, 3.8) is 0 Å². The van der Waals surface area contributed by atoms with E-state index in [-0.39, 0.29) is 24.7 Å². The van der Waals surface area contributed by atoms with Crippen molar-refractivity contribution in [1.82, 2.24) is 9.80 Å². The van der Waals surface area contributed by atoms with Crippen LogP contribution in [0.25, 0.3) is 0 Å². The SMILES string of the molecule is CC(C)(C)OC(=O)N1CCC2(COC(=O)N(CCO)C2)C1. The van der Waals surface area contributed by atoms with E-state index in [1.165, 1.54) is 4.90 Å². The van der Waals surface area contributed by atoms with Gasteiger partial charge in [0.2, 0.25) is 0 Å². The Morgan fingerprint density at radius 2 is 2.14 bits per heavy atom. The molecule has 2 fully saturated rings. The molecule has 1 spiro atoms. The van der Waals surface area contributed by atoms with Crippen LogP contribution in [0.1, 0.15) is 27.2 Å². The first kappa shape index (κ1) is 15.9. The first-order chi connectivity index (χ1) is 9.75. The average Bonchev–Trinajstić information content (AvgIpc) is 2.77. The van der Waals surface area contributed by atoms with Crippen LogP contribution >= 0.6 is 0 Å². The Bertz CT molecular complexity index is 420. The molecule has 0 saturated carbocycles. The molecule has 1 N–H and O–H groups in total. The summed E-state index contributed by atoms with van der Waals surface area (Å²) in [5.74, 6) is 0. The number of hydrogen-bond donors (Lipinski definition) is 1. The van der Waals surface area contributed by atoms with Crippen molar-refractivity contribution < 1.29 is 24.2 Å². The lowest BCUT2D eigenvalue weighted by molar-refractivity contribution is -0.0105. The molecule has 2 aliphatic heterocycles. The van der Waals surface area contributed by atoms with Crippen LogP contribution in [0, 0.1) is 5.41 Å². The van der Waals surface area contributed by atoms with Crippen molar-refractivity contribution in [3.05, 3.63) is 0 Å². The summed E-state index contributed by atoms with van der Waals surface area (Å²) in [5.41, 5.74) is -0.769. The highest BCUT2D eigenvalue weighted by atomic mass is 16.6. The Kier molecular flexibility index (Phi) is 4.32. The summed E-state index contributed by atoms with van der Waals surface area (Å²) in [4.78, 5) is 26.9. The predicted octanol–water partition coefficient (Wildman–Crippen LogP) is 1.06. The Morgan fingerprint density at radius 3 is 2.76 bits per heavy atom. The van der Waals surface area contributed by atoms with Gasteiger partial charge in [0, 0.05) is 31.6 Å². The van der Waals surface area contributed by atoms with Gasteiger partial charge in [-0.3, -0.25) is 0 Å². The molecule has 2 heterocycles. The molecule has 120 valence electrons. The summed E-state index contributed by atoms with van der Waals surface area (Å²) in [6, 6.07) is 0. The second-order valence-electron chi connectivity index (χ2n) is 6.85. The summed E-state index contributed by atoms with van der Waals surface area (Å²) in [6.45, 7) is 7.59. The summed E-state index contributed by atoms with van der Waals surface area (Å²) in [7, 11) is 0. The molecule has 21 heavy (non-hydrogen) atoms. The second kappa shape index (κ2) is 5.71. The van der Waals surface area contributed by atoms with E-state index in [0.717, 1.165) is 6.42 Å². The molecular weight excluding hydrogens is 276 g/mol. The fourth-order valence-corrected chi connectivity index (χ4v) is 2.78. The third-order valence-corrected chi connectivity index (χ3v) is 3.75. The summed E-state index contributed by atoms with van der Waals surface area (Å²) >= 11 is 0. The maximum Gasteiger partial charge on any atom is 0.410 e. The van der Waals surface area contributed by atoms with Gasteiger partial charge in [0.1, 0.15) is 12.2 Å². The fraction of sp³-hybridized carbons (Fsp3) is 0.857. The smallest absolute Gasteiger partial charge is 0.410 e. The number of β-amino-alcohol motifs (C(OH)–C–C–N with tert-alkyl or cyclic N) is 1. The lowest BCUT2D eigenvalue weighted by Crippen LogP contribution is -2.52. The van der Waals surface area contributed by atoms with Crippen molar-refractivity contribution in [1.29, 1.82) is 0 Å². The van der Waals surface area contributed by atoms with Gasteiger partial charge in [-0.1, -0.05) is 0 Å². The maximum atomic E-state index is 12.1. The molecule has 2 amide bonds. The van der Waals surface area contributed by atoms with E-state index in [9.17, 15) is 9.59 Å². The number of aliphatic hydroxyl groups excluding tert-OH is 1. The van der Waals surface area contributed by atoms with Gasteiger partial charge in [0.25, 0.3) is 0 Å². The highest BCUT2D eigenvalue weighted by Crippen LogP contribution is 2.35. The largest absolute Gasteiger partial charge is 0.449 e. The van der Waals surface area contributed by atoms with Crippen LogP contribution in [0.15, 0.2) is 0 Å². The van der Waals surface area contributed by atoms with E-state index in [4.69, 9.17) is 14.6 Å². The lowest BCUT2D eigenvalue weighted by atomic mass is 9.86. The minimum absolute atomic E-state index is 0.0963. The van der Waals surface area contributed by atoms with Crippen molar-refractivity contribution in [3.8, 4) is 0 Å². The highest BCUT2D eigenvalue weighted by molar-refractivity contribution is 5.70. The van der Waals surface area contributed by atoms with Gasteiger partial charge in [-0.2, -0.15) is 0 Å². The molecule has 0 aliphatic carbocycles. The monoisotopic (exact) mass is 300 g/mol. The Hall–Kier alpha value is -1.50. The van der Waals surface area contributed by atoms with Crippen LogP contribution in [0.5, 0.6) is 0 Å². The molecule has 2 aliphatic rings. The number of ether oxygens (including phenoxy) is 2. The van der Waals surface area contributed by atoms with E-state index in [1.807, 2.05) is 20.8 Å². The van der Waals surface area contributed by atoms with Crippen molar-refractivity contribution in [2.75, 3.05) is 39.4 Å². The molecule has 7 nitrogen and oxygen atoms in total. The van der Waals surface area contributed by atoms with Gasteiger partial charge in [0.05, 0.1) is 6.61 Å². The highest BCUT2D eigenvalue weighted by Gasteiger charge is 2.46. The summed E-state index contributed by atoms with van der Waals surface area (Å²) < 4.78 is 10.6. The number of cyclic esters (lactones) is 1. The lowest BCUT2D eigenvalue weighted by Gasteiger charge is -2.39. The number of nitrogens with zero attached hydrogens (tertiary/aromatic N) is 2. The maximum absolute atomic E-state index is 12.1. The molecule has 7 heteroatoms. The predicted molar refractivity (Wildman–Crippen MR) is 74.9 cm³/mol. The average molecular weight is 300 g/mol. The van der Waals surface area contributed by atoms with E-state index < -0.39 is 11.7 Å². The zero-order chi connectivity index (χ0) is 15.7. The molecule has 1 atom stereocenters. The molecule has 2 rings (SSSR count). The number of aliphatic hydroxyl groups is 1. The third kappa shape index (κ3) is 3.78. The van der Waals surface area contributed by atoms with Crippen LogP contribution < -0.4 is 0 Å². The normalized spacial score (nSPS) is 26.2. The Balaban J connectivity index is 1.97. The molecule has 0 aromatic rings. The number of likely N-dealkylation sites (tertiary alicyclic amines) is 1. The zero-order valence-corrected chi connectivity index (χ0v) is 12.9. The van der Waals surface area contributed by atoms with E-state index >= 15 is 0 Å². The van der Waals surface area contributed by atoms with Crippen molar-refractivity contribution >= 4 is 12.2 Å². The van der Waals surface area contributed by atoms with Gasteiger partial charge >= 0.3 is 12.2 Å². The minimum Gasteiger partial charge on any atom is -0.449 e. The zero-order valence-electron chi connectivity index (χ0n) is 12.9. The first-order valence-electron chi connectivity index (χ1n) is 7.25. The number of amides is 2. The molecule has 1 unspecified atom stereocenters. The van der Waals surface area contributed by atoms with Gasteiger partial charge in [-0.15, -0.1) is 0 Å². The van der Waals surface area contributed by atoms with Crippen LogP contribution in [0.2, 0.25) is 0 Å². The van der Waals surface area contributed by atoms with Crippen LogP contribution in [-0.2, 0) is 9.47 Å². The Labute approximate surface area is 124 Å². The summed E-state index contributed by atoms with van der Waals surface area (Å²) in [5, 5.41) is 9.00. The summed E-state index contributed by atoms with van der Waals surface area (Å²) in [6.07, 6.45) is 0.0388. The quantitative estimate of drug-likeness (QED) is 0.825. The number of carbonyl (C=O) groups excluding carboxylic acids is 2. The van der Waals surface area contributed by atoms with Crippen molar-refractivity contribution in [2.24, 2.45) is 5.41 Å².